The van der Waals surface area contributed by atoms with Gasteiger partial charge in [-0.05, 0) is 51.3 Å². The second-order valence-electron chi connectivity index (χ2n) is 6.51. The Morgan fingerprint density at radius 2 is 2.00 bits per heavy atom. The first-order valence-electron chi connectivity index (χ1n) is 7.55. The van der Waals surface area contributed by atoms with Gasteiger partial charge < -0.3 is 15.8 Å². The van der Waals surface area contributed by atoms with E-state index in [-0.39, 0.29) is 17.6 Å². The minimum Gasteiger partial charge on any atom is -0.491 e. The SMILES string of the molecule is CC(C)CC(C)(CN)NC(=O)c1cccc(OC(C)C)c1. The topological polar surface area (TPSA) is 64.3 Å². The quantitative estimate of drug-likeness (QED) is 0.812. The fraction of sp³-hybridized carbons (Fsp3) is 0.588. The maximum Gasteiger partial charge on any atom is 0.251 e. The fourth-order valence-electron chi connectivity index (χ4n) is 2.42. The molecule has 4 heteroatoms. The molecule has 4 nitrogen and oxygen atoms in total. The minimum atomic E-state index is -0.389. The van der Waals surface area contributed by atoms with Crippen molar-refractivity contribution in [2.24, 2.45) is 11.7 Å². The molecule has 0 fully saturated rings. The average Bonchev–Trinajstić information content (AvgIpc) is 2.37. The standard InChI is InChI=1S/C17H28N2O2/c1-12(2)10-17(5,11-18)19-16(20)14-7-6-8-15(9-14)21-13(3)4/h6-9,12-13H,10-11,18H2,1-5H3,(H,19,20). The molecule has 0 saturated heterocycles. The zero-order valence-corrected chi connectivity index (χ0v) is 13.8. The van der Waals surface area contributed by atoms with E-state index in [0.717, 1.165) is 6.42 Å². The van der Waals surface area contributed by atoms with Crippen molar-refractivity contribution < 1.29 is 9.53 Å². The number of amides is 1. The molecule has 0 aromatic heterocycles. The lowest BCUT2D eigenvalue weighted by molar-refractivity contribution is 0.0897. The zero-order valence-electron chi connectivity index (χ0n) is 13.8. The van der Waals surface area contributed by atoms with Crippen LogP contribution in [-0.2, 0) is 0 Å². The lowest BCUT2D eigenvalue weighted by Crippen LogP contribution is -2.52. The van der Waals surface area contributed by atoms with Crippen LogP contribution >= 0.6 is 0 Å². The van der Waals surface area contributed by atoms with Gasteiger partial charge in [0.25, 0.3) is 5.91 Å². The van der Waals surface area contributed by atoms with E-state index >= 15 is 0 Å². The monoisotopic (exact) mass is 292 g/mol. The van der Waals surface area contributed by atoms with E-state index in [1.54, 1.807) is 12.1 Å². The molecule has 0 aliphatic rings. The van der Waals surface area contributed by atoms with E-state index in [1.807, 2.05) is 32.9 Å². The summed E-state index contributed by atoms with van der Waals surface area (Å²) in [6.45, 7) is 10.6. The maximum atomic E-state index is 12.4. The Labute approximate surface area is 128 Å². The van der Waals surface area contributed by atoms with Gasteiger partial charge in [-0.15, -0.1) is 0 Å². The first-order chi connectivity index (χ1) is 9.75. The Balaban J connectivity index is 2.83. The Morgan fingerprint density at radius 1 is 1.33 bits per heavy atom. The summed E-state index contributed by atoms with van der Waals surface area (Å²) in [6.07, 6.45) is 0.927. The summed E-state index contributed by atoms with van der Waals surface area (Å²) in [5.74, 6) is 1.06. The third kappa shape index (κ3) is 5.76. The number of ether oxygens (including phenoxy) is 1. The number of hydrogen-bond acceptors (Lipinski definition) is 3. The second kappa shape index (κ2) is 7.46. The highest BCUT2D eigenvalue weighted by atomic mass is 16.5. The van der Waals surface area contributed by atoms with Gasteiger partial charge in [0.1, 0.15) is 5.75 Å². The molecule has 1 aromatic rings. The van der Waals surface area contributed by atoms with Crippen LogP contribution in [0.25, 0.3) is 0 Å². The summed E-state index contributed by atoms with van der Waals surface area (Å²) >= 11 is 0. The molecule has 1 atom stereocenters. The van der Waals surface area contributed by atoms with Crippen molar-refractivity contribution in [3.63, 3.8) is 0 Å². The molecule has 0 bridgehead atoms. The second-order valence-corrected chi connectivity index (χ2v) is 6.51. The minimum absolute atomic E-state index is 0.0820. The highest BCUT2D eigenvalue weighted by Crippen LogP contribution is 2.18. The molecule has 0 aliphatic heterocycles. The lowest BCUT2D eigenvalue weighted by Gasteiger charge is -2.31. The smallest absolute Gasteiger partial charge is 0.251 e. The predicted molar refractivity (Wildman–Crippen MR) is 86.6 cm³/mol. The van der Waals surface area contributed by atoms with Gasteiger partial charge in [-0.3, -0.25) is 4.79 Å². The van der Waals surface area contributed by atoms with Crippen LogP contribution in [0.1, 0.15) is 51.4 Å². The van der Waals surface area contributed by atoms with Crippen LogP contribution in [0, 0.1) is 5.92 Å². The van der Waals surface area contributed by atoms with E-state index in [2.05, 4.69) is 19.2 Å². The number of hydrogen-bond donors (Lipinski definition) is 2. The van der Waals surface area contributed by atoms with E-state index in [0.29, 0.717) is 23.8 Å². The first-order valence-corrected chi connectivity index (χ1v) is 7.55. The van der Waals surface area contributed by atoms with Crippen molar-refractivity contribution in [3.8, 4) is 5.75 Å². The number of carbonyl (C=O) groups excluding carboxylic acids is 1. The van der Waals surface area contributed by atoms with Crippen LogP contribution in [0.15, 0.2) is 24.3 Å². The van der Waals surface area contributed by atoms with Gasteiger partial charge in [-0.2, -0.15) is 0 Å². The van der Waals surface area contributed by atoms with Crippen molar-refractivity contribution >= 4 is 5.91 Å². The van der Waals surface area contributed by atoms with Gasteiger partial charge >= 0.3 is 0 Å². The lowest BCUT2D eigenvalue weighted by atomic mass is 9.90. The fourth-order valence-corrected chi connectivity index (χ4v) is 2.42. The summed E-state index contributed by atoms with van der Waals surface area (Å²) in [7, 11) is 0. The van der Waals surface area contributed by atoms with E-state index in [4.69, 9.17) is 10.5 Å². The molecule has 1 aromatic carbocycles. The van der Waals surface area contributed by atoms with Crippen molar-refractivity contribution in [1.82, 2.24) is 5.32 Å². The number of rotatable bonds is 7. The summed E-state index contributed by atoms with van der Waals surface area (Å²) in [5, 5.41) is 3.05. The summed E-state index contributed by atoms with van der Waals surface area (Å²) in [6, 6.07) is 7.23. The summed E-state index contributed by atoms with van der Waals surface area (Å²) < 4.78 is 5.62. The van der Waals surface area contributed by atoms with Gasteiger partial charge in [-0.1, -0.05) is 19.9 Å². The number of benzene rings is 1. The van der Waals surface area contributed by atoms with E-state index in [1.165, 1.54) is 0 Å². The normalized spacial score (nSPS) is 14.1. The molecule has 0 heterocycles. The number of nitrogens with one attached hydrogen (secondary N) is 1. The summed E-state index contributed by atoms with van der Waals surface area (Å²) in [5.41, 5.74) is 6.04. The van der Waals surface area contributed by atoms with Crippen LogP contribution < -0.4 is 15.8 Å². The van der Waals surface area contributed by atoms with Gasteiger partial charge in [0.05, 0.1) is 6.10 Å². The van der Waals surface area contributed by atoms with Crippen molar-refractivity contribution in [2.75, 3.05) is 6.54 Å². The van der Waals surface area contributed by atoms with Crippen LogP contribution in [0.3, 0.4) is 0 Å². The van der Waals surface area contributed by atoms with E-state index in [9.17, 15) is 4.79 Å². The van der Waals surface area contributed by atoms with Crippen LogP contribution in [0.2, 0.25) is 0 Å². The molecule has 0 saturated carbocycles. The predicted octanol–water partition coefficient (Wildman–Crippen LogP) is 2.97. The Morgan fingerprint density at radius 3 is 2.52 bits per heavy atom. The van der Waals surface area contributed by atoms with Gasteiger partial charge in [0, 0.05) is 17.6 Å². The molecule has 21 heavy (non-hydrogen) atoms. The molecule has 3 N–H and O–H groups in total. The molecule has 0 spiro atoms. The Kier molecular flexibility index (Phi) is 6.21. The molecule has 0 aliphatic carbocycles. The average molecular weight is 292 g/mol. The Bertz CT molecular complexity index is 472. The molecule has 118 valence electrons. The molecular formula is C17H28N2O2. The molecule has 0 radical (unpaired) electrons. The van der Waals surface area contributed by atoms with Crippen molar-refractivity contribution in [2.45, 2.75) is 52.7 Å². The van der Waals surface area contributed by atoms with Crippen LogP contribution in [0.4, 0.5) is 0 Å². The molecule has 1 amide bonds. The van der Waals surface area contributed by atoms with Crippen LogP contribution in [-0.4, -0.2) is 24.1 Å². The third-order valence-corrected chi connectivity index (χ3v) is 3.19. The van der Waals surface area contributed by atoms with Gasteiger partial charge in [0.2, 0.25) is 0 Å². The third-order valence-electron chi connectivity index (χ3n) is 3.19. The molecular weight excluding hydrogens is 264 g/mol. The molecule has 1 unspecified atom stereocenters. The molecule has 1 rings (SSSR count). The van der Waals surface area contributed by atoms with Crippen LogP contribution in [0.5, 0.6) is 5.75 Å². The number of nitrogens with two attached hydrogens (primary N) is 1. The zero-order chi connectivity index (χ0) is 16.0. The van der Waals surface area contributed by atoms with Gasteiger partial charge in [-0.25, -0.2) is 0 Å². The van der Waals surface area contributed by atoms with Crippen molar-refractivity contribution in [3.05, 3.63) is 29.8 Å². The Hall–Kier alpha value is -1.55. The van der Waals surface area contributed by atoms with Gasteiger partial charge in [0.15, 0.2) is 0 Å². The van der Waals surface area contributed by atoms with E-state index < -0.39 is 0 Å². The highest BCUT2D eigenvalue weighted by molar-refractivity contribution is 5.95. The van der Waals surface area contributed by atoms with Crippen molar-refractivity contribution in [1.29, 1.82) is 0 Å². The first kappa shape index (κ1) is 17.5. The maximum absolute atomic E-state index is 12.4. The number of carbonyl (C=O) groups is 1. The largest absolute Gasteiger partial charge is 0.491 e. The highest BCUT2D eigenvalue weighted by Gasteiger charge is 2.26. The summed E-state index contributed by atoms with van der Waals surface area (Å²) in [4.78, 5) is 12.4.